The Hall–Kier alpha value is -8.89. The average Bonchev–Trinajstić information content (AvgIpc) is 1.51. The molecule has 2 aromatic carbocycles. The number of para-hydroxylation sites is 1. The van der Waals surface area contributed by atoms with Gasteiger partial charge >= 0.3 is 13.6 Å². The highest BCUT2D eigenvalue weighted by Crippen LogP contribution is 2.72. The van der Waals surface area contributed by atoms with E-state index >= 15 is 13.6 Å². The van der Waals surface area contributed by atoms with E-state index in [0.717, 1.165) is 76.9 Å². The van der Waals surface area contributed by atoms with Crippen molar-refractivity contribution in [3.8, 4) is 0 Å². The second-order valence-corrected chi connectivity index (χ2v) is 39.0. The van der Waals surface area contributed by atoms with Crippen LogP contribution in [-0.2, 0) is 111 Å². The van der Waals surface area contributed by atoms with Gasteiger partial charge in [0.15, 0.2) is 34.9 Å². The maximum atomic E-state index is 18.3. The molecule has 139 heavy (non-hydrogen) atoms. The molecule has 4 aliphatic heterocycles. The first-order valence-corrected chi connectivity index (χ1v) is 50.8. The number of carbonyl (C=O) groups is 10. The van der Waals surface area contributed by atoms with Crippen LogP contribution >= 0.6 is 7.60 Å². The number of anilines is 1. The molecule has 5 aliphatic carbocycles. The number of aliphatic hydroxyl groups is 1. The van der Waals surface area contributed by atoms with Crippen molar-refractivity contribution in [1.29, 1.82) is 0 Å². The van der Waals surface area contributed by atoms with Crippen molar-refractivity contribution in [2.75, 3.05) is 176 Å². The lowest BCUT2D eigenvalue weighted by Crippen LogP contribution is -2.71. The molecule has 40 nitrogen and oxygen atoms in total. The molecule has 1 saturated heterocycles. The molecule has 4 fully saturated rings. The highest BCUT2D eigenvalue weighted by Gasteiger charge is 2.80. The summed E-state index contributed by atoms with van der Waals surface area (Å²) in [5.74, 6) is -8.28. The molecular weight excluding hydrogens is 1830 g/mol. The Morgan fingerprint density at radius 2 is 1.32 bits per heavy atom. The van der Waals surface area contributed by atoms with Gasteiger partial charge in [0.1, 0.15) is 24.9 Å². The van der Waals surface area contributed by atoms with Gasteiger partial charge in [-0.1, -0.05) is 95.5 Å². The van der Waals surface area contributed by atoms with Crippen LogP contribution in [-0.4, -0.2) is 309 Å². The number of urea groups is 1. The number of nitrogens with two attached hydrogens (primary N) is 1. The van der Waals surface area contributed by atoms with Gasteiger partial charge in [-0.3, -0.25) is 57.7 Å². The monoisotopic (exact) mass is 1980 g/mol. The predicted octanol–water partition coefficient (Wildman–Crippen LogP) is 4.64. The molecule has 2 unspecified atom stereocenters. The van der Waals surface area contributed by atoms with E-state index < -0.39 is 150 Å². The largest absolute Gasteiger partial charge is 0.390 e. The zero-order valence-corrected chi connectivity index (χ0v) is 81.8. The third-order valence-corrected chi connectivity index (χ3v) is 28.2. The average molecular weight is 1980 g/mol. The standard InChI is InChI=1S/C96H145F2N14O26P/c1-7-18-85-137-80-58-69-70-57-72(97)71-56-66(113)29-31-93(71,4)95(70,98)78(115)59-94(69,5)96(80,138-85)79(116)60-103-90(121)64(20-17-33-102-92(99)123)55-76(114)86(63(2)3)105-91(122)73(23-15-16-32-100-83(119)62-136-77-26-10-8-9-25-75-88(77)107-109-112(75)35-38-129-41-44-132-47-48-133-49-50-134-51-52-135-53-54-139(124,125)126)104-82(118)30-36-127-39-42-130-45-46-131-43-40-128-37-34-101-81(117)27-28-84(120)111-61-65-19-11-12-21-67(65)89-87(106-108-110(89)6)68-22-13-14-24-74(68)111/h11-14,19,21-22,24,29,31,56,63-64,69-70,72-73,77-78,80,85-86,106-109,115H,7-10,15-18,20,23,25-28,30,32-55,57-62H2,1-6H3,(H,100,119)(H,101,117)(H,103,121)(H,104,118)(H,105,122)(H3,99,102,123)(H2,124,125,126)/t64-,69+,70+,72+,73-,77?,78+,80-,85?,86+,93+,94+,95+,96-/m1/s1. The lowest BCUT2D eigenvalue weighted by Gasteiger charge is -2.63. The minimum Gasteiger partial charge on any atom is -0.390 e. The summed E-state index contributed by atoms with van der Waals surface area (Å²) in [6.45, 7) is 13.1. The quantitative estimate of drug-likeness (QED) is 0.0317. The third kappa shape index (κ3) is 29.7. The van der Waals surface area contributed by atoms with E-state index in [-0.39, 0.29) is 186 Å². The first-order chi connectivity index (χ1) is 66.8. The molecule has 0 bridgehead atoms. The summed E-state index contributed by atoms with van der Waals surface area (Å²) in [4.78, 5) is 158. The molecule has 9 aliphatic rings. The first-order valence-electron chi connectivity index (χ1n) is 49.0. The fourth-order valence-electron chi connectivity index (χ4n) is 20.3. The number of carbonyl (C=O) groups excluding carboxylic acids is 10. The van der Waals surface area contributed by atoms with E-state index in [1.165, 1.54) is 19.1 Å². The van der Waals surface area contributed by atoms with Gasteiger partial charge < -0.3 is 125 Å². The molecule has 15 N–H and O–H groups in total. The molecule has 0 spiro atoms. The number of nitrogens with one attached hydrogen (secondary N) is 10. The van der Waals surface area contributed by atoms with Crippen molar-refractivity contribution in [2.24, 2.45) is 40.2 Å². The molecule has 2 aromatic rings. The molecule has 43 heteroatoms. The molecule has 8 amide bonds. The van der Waals surface area contributed by atoms with Crippen molar-refractivity contribution in [3.05, 3.63) is 100 Å². The number of allylic oxidation sites excluding steroid dienone is 5. The number of rotatable bonds is 61. The topological polar surface area (TPSA) is 515 Å². The van der Waals surface area contributed by atoms with Crippen LogP contribution < -0.4 is 64.5 Å². The molecule has 3 saturated carbocycles. The molecule has 11 rings (SSSR count). The number of alkyl halides is 2. The number of hydrogen-bond donors (Lipinski definition) is 14. The fourth-order valence-corrected chi connectivity index (χ4v) is 20.7. The van der Waals surface area contributed by atoms with Gasteiger partial charge in [-0.25, -0.2) is 13.6 Å². The number of hydrazine groups is 4. The number of primary amides is 1. The number of nitrogens with zero attached hydrogens (tertiary/aromatic N) is 3. The minimum atomic E-state index is -4.09. The van der Waals surface area contributed by atoms with Crippen molar-refractivity contribution >= 4 is 83.5 Å². The summed E-state index contributed by atoms with van der Waals surface area (Å²) in [6, 6.07) is 12.3. The Morgan fingerprint density at radius 3 is 2.00 bits per heavy atom. The normalized spacial score (nSPS) is 24.7. The summed E-state index contributed by atoms with van der Waals surface area (Å²) >= 11 is 0. The number of hydrogen-bond acceptors (Lipinski definition) is 30. The van der Waals surface area contributed by atoms with E-state index in [9.17, 15) is 52.8 Å². The third-order valence-electron chi connectivity index (χ3n) is 27.4. The van der Waals surface area contributed by atoms with Crippen LogP contribution in [0.5, 0.6) is 0 Å². The Morgan fingerprint density at radius 1 is 0.683 bits per heavy atom. The van der Waals surface area contributed by atoms with Crippen LogP contribution in [0.15, 0.2) is 83.7 Å². The lowest BCUT2D eigenvalue weighted by atomic mass is 9.44. The van der Waals surface area contributed by atoms with Gasteiger partial charge in [0.05, 0.1) is 191 Å². The maximum Gasteiger partial charge on any atom is 0.327 e. The van der Waals surface area contributed by atoms with Crippen LogP contribution in [0.25, 0.3) is 11.4 Å². The predicted molar refractivity (Wildman–Crippen MR) is 504 cm³/mol. The van der Waals surface area contributed by atoms with Crippen LogP contribution in [0.4, 0.5) is 19.3 Å². The minimum absolute atomic E-state index is 0.00498. The van der Waals surface area contributed by atoms with Crippen molar-refractivity contribution < 1.29 is 133 Å². The van der Waals surface area contributed by atoms with Crippen LogP contribution in [0.1, 0.15) is 173 Å². The number of unbranched alkanes of at least 4 members (excludes halogenated alkanes) is 1. The first kappa shape index (κ1) is 110. The van der Waals surface area contributed by atoms with E-state index in [4.69, 9.17) is 72.4 Å². The van der Waals surface area contributed by atoms with E-state index in [0.29, 0.717) is 91.4 Å². The summed E-state index contributed by atoms with van der Waals surface area (Å²) < 4.78 is 116. The molecule has 14 atom stereocenters. The Balaban J connectivity index is 0.633. The summed E-state index contributed by atoms with van der Waals surface area (Å²) in [6.07, 6.45) is 2.11. The van der Waals surface area contributed by atoms with Gasteiger partial charge in [0.25, 0.3) is 0 Å². The number of fused-ring (bicyclic) bond motifs is 11. The number of amides is 8. The zero-order chi connectivity index (χ0) is 99.7. The fraction of sp³-hybridized carbons (Fsp3) is 0.688. The van der Waals surface area contributed by atoms with E-state index in [1.54, 1.807) is 25.7 Å². The van der Waals surface area contributed by atoms with E-state index in [1.807, 2.05) is 72.5 Å². The van der Waals surface area contributed by atoms with Crippen LogP contribution in [0.3, 0.4) is 0 Å². The van der Waals surface area contributed by atoms with Crippen molar-refractivity contribution in [3.63, 3.8) is 0 Å². The highest BCUT2D eigenvalue weighted by atomic mass is 31.2. The van der Waals surface area contributed by atoms with E-state index in [2.05, 4.69) is 53.8 Å². The summed E-state index contributed by atoms with van der Waals surface area (Å²) in [5.41, 5.74) is 18.0. The highest BCUT2D eigenvalue weighted by molar-refractivity contribution is 7.51. The number of aliphatic hydroxyl groups excluding tert-OH is 1. The molecule has 4 heterocycles. The van der Waals surface area contributed by atoms with Gasteiger partial charge in [-0.15, -0.1) is 11.1 Å². The smallest absolute Gasteiger partial charge is 0.327 e. The molecule has 0 radical (unpaired) electrons. The molecule has 0 aromatic heterocycles. The van der Waals surface area contributed by atoms with Crippen molar-refractivity contribution in [1.82, 2.24) is 63.8 Å². The number of benzene rings is 2. The van der Waals surface area contributed by atoms with Gasteiger partial charge in [0, 0.05) is 86.2 Å². The molecule has 774 valence electrons. The summed E-state index contributed by atoms with van der Waals surface area (Å²) in [7, 11) is -2.17. The second kappa shape index (κ2) is 54.0. The maximum absolute atomic E-state index is 18.3. The molecular formula is C96H145F2N14O26P. The van der Waals surface area contributed by atoms with Crippen LogP contribution in [0, 0.1) is 34.5 Å². The second-order valence-electron chi connectivity index (χ2n) is 37.3. The van der Waals surface area contributed by atoms with Crippen LogP contribution in [0.2, 0.25) is 0 Å². The number of ketones is 3. The number of Topliss-reactive ketones (excluding diaryl/α,β-unsaturated/α-hetero) is 2. The summed E-state index contributed by atoms with van der Waals surface area (Å²) in [5, 5.41) is 32.8. The number of ether oxygens (including phenoxy) is 12. The number of halogens is 2. The Bertz CT molecular complexity index is 4650. The van der Waals surface area contributed by atoms with Gasteiger partial charge in [-0.2, -0.15) is 0 Å². The Kier molecular flexibility index (Phi) is 42.9. The Labute approximate surface area is 810 Å². The van der Waals surface area contributed by atoms with Gasteiger partial charge in [-0.05, 0) is 125 Å². The SMILES string of the molecule is CCCC1O[C@@H]2C[C@H]3[C@@H]4C[C@H](F)C5=CC(=O)C=C[C@]5(C)[C@@]4(F)[C@@H](O)C[C@]3(C)[C@]2(C(=O)CNC(=O)[C@H](CCCNC(N)=O)CC(=O)[C@@H](NC(=O)[C@@H](CCCCNC(=O)COC2CCCCCC3=C2NNN3CCOCCOCCOCCOCCOCCP(=O)(O)O)NC(=O)CCOCCOCCOCCOCCNC(=O)CCC(=O)N2Cc3ccccc3C3=C(NNN3C)c3ccccc32)C(C)C)O1. The lowest BCUT2D eigenvalue weighted by molar-refractivity contribution is -0.234. The van der Waals surface area contributed by atoms with Crippen molar-refractivity contribution in [2.45, 2.75) is 217 Å². The zero-order valence-electron chi connectivity index (χ0n) is 80.9. The van der Waals surface area contributed by atoms with Gasteiger partial charge in [0.2, 0.25) is 35.4 Å².